The number of thioether (sulfide) groups is 1. The van der Waals surface area contributed by atoms with Crippen molar-refractivity contribution in [1.29, 1.82) is 0 Å². The van der Waals surface area contributed by atoms with Crippen LogP contribution >= 0.6 is 11.8 Å². The Morgan fingerprint density at radius 2 is 2.22 bits per heavy atom. The molecule has 2 heteroatoms. The Bertz CT molecular complexity index is 433. The van der Waals surface area contributed by atoms with Crippen LogP contribution in [0.4, 0.5) is 0 Å². The molecular formula is C16H21NS. The highest BCUT2D eigenvalue weighted by atomic mass is 32.2. The summed E-state index contributed by atoms with van der Waals surface area (Å²) >= 11 is 1.81. The predicted molar refractivity (Wildman–Crippen MR) is 81.0 cm³/mol. The second-order valence-electron chi connectivity index (χ2n) is 4.81. The Hall–Kier alpha value is -0.910. The van der Waals surface area contributed by atoms with E-state index in [0.29, 0.717) is 6.04 Å². The summed E-state index contributed by atoms with van der Waals surface area (Å²) in [7, 11) is 0. The minimum absolute atomic E-state index is 0.433. The number of aryl methyl sites for hydroxylation is 2. The lowest BCUT2D eigenvalue weighted by molar-refractivity contribution is 0.601. The van der Waals surface area contributed by atoms with Crippen molar-refractivity contribution >= 4 is 11.8 Å². The highest BCUT2D eigenvalue weighted by molar-refractivity contribution is 7.99. The SMILES string of the molecule is C#CCSCCNC(C)c1ccc2c(c1)CCC2. The van der Waals surface area contributed by atoms with E-state index >= 15 is 0 Å². The van der Waals surface area contributed by atoms with E-state index in [1.54, 1.807) is 11.1 Å². The van der Waals surface area contributed by atoms with Gasteiger partial charge in [0.2, 0.25) is 0 Å². The molecule has 0 amide bonds. The summed E-state index contributed by atoms with van der Waals surface area (Å²) in [5, 5.41) is 3.56. The molecule has 0 saturated carbocycles. The highest BCUT2D eigenvalue weighted by Crippen LogP contribution is 2.25. The highest BCUT2D eigenvalue weighted by Gasteiger charge is 2.12. The van der Waals surface area contributed by atoms with Crippen molar-refractivity contribution in [1.82, 2.24) is 5.32 Å². The largest absolute Gasteiger partial charge is 0.309 e. The molecule has 0 spiro atoms. The van der Waals surface area contributed by atoms with E-state index in [0.717, 1.165) is 18.1 Å². The molecule has 0 aliphatic heterocycles. The van der Waals surface area contributed by atoms with Gasteiger partial charge in [0.15, 0.2) is 0 Å². The van der Waals surface area contributed by atoms with Gasteiger partial charge in [0.25, 0.3) is 0 Å². The molecule has 2 rings (SSSR count). The second-order valence-corrected chi connectivity index (χ2v) is 5.92. The Morgan fingerprint density at radius 1 is 1.39 bits per heavy atom. The van der Waals surface area contributed by atoms with Gasteiger partial charge in [0.1, 0.15) is 0 Å². The number of nitrogens with one attached hydrogen (secondary N) is 1. The van der Waals surface area contributed by atoms with Crippen molar-refractivity contribution in [3.8, 4) is 12.3 Å². The number of hydrogen-bond donors (Lipinski definition) is 1. The topological polar surface area (TPSA) is 12.0 Å². The van der Waals surface area contributed by atoms with Crippen molar-refractivity contribution < 1.29 is 0 Å². The first kappa shape index (κ1) is 13.5. The fourth-order valence-electron chi connectivity index (χ4n) is 2.46. The molecule has 0 saturated heterocycles. The molecule has 18 heavy (non-hydrogen) atoms. The first-order valence-electron chi connectivity index (χ1n) is 6.67. The molecule has 1 nitrogen and oxygen atoms in total. The minimum atomic E-state index is 0.433. The van der Waals surface area contributed by atoms with Gasteiger partial charge in [-0.15, -0.1) is 18.2 Å². The van der Waals surface area contributed by atoms with Crippen LogP contribution < -0.4 is 5.32 Å². The average Bonchev–Trinajstić information content (AvgIpc) is 2.85. The van der Waals surface area contributed by atoms with Crippen LogP contribution in [0.25, 0.3) is 0 Å². The maximum Gasteiger partial charge on any atom is 0.0545 e. The fourth-order valence-corrected chi connectivity index (χ4v) is 2.98. The van der Waals surface area contributed by atoms with Crippen molar-refractivity contribution in [3.63, 3.8) is 0 Å². The van der Waals surface area contributed by atoms with E-state index in [1.165, 1.54) is 24.8 Å². The molecule has 96 valence electrons. The van der Waals surface area contributed by atoms with E-state index in [4.69, 9.17) is 6.42 Å². The van der Waals surface area contributed by atoms with Gasteiger partial charge in [0, 0.05) is 18.3 Å². The molecule has 1 unspecified atom stereocenters. The lowest BCUT2D eigenvalue weighted by atomic mass is 10.0. The summed E-state index contributed by atoms with van der Waals surface area (Å²) in [6, 6.07) is 7.40. The normalized spacial score (nSPS) is 15.1. The zero-order valence-corrected chi connectivity index (χ0v) is 11.9. The average molecular weight is 259 g/mol. The van der Waals surface area contributed by atoms with E-state index in [-0.39, 0.29) is 0 Å². The molecule has 0 bridgehead atoms. The maximum absolute atomic E-state index is 5.22. The number of terminal acetylenes is 1. The summed E-state index contributed by atoms with van der Waals surface area (Å²) in [5.74, 6) is 4.55. The predicted octanol–water partition coefficient (Wildman–Crippen LogP) is 3.19. The first-order valence-corrected chi connectivity index (χ1v) is 7.83. The third kappa shape index (κ3) is 3.54. The molecule has 1 aromatic carbocycles. The van der Waals surface area contributed by atoms with Crippen LogP contribution in [-0.2, 0) is 12.8 Å². The maximum atomic E-state index is 5.22. The fraction of sp³-hybridized carbons (Fsp3) is 0.500. The molecule has 1 aromatic rings. The van der Waals surface area contributed by atoms with Crippen LogP contribution in [0.2, 0.25) is 0 Å². The monoisotopic (exact) mass is 259 g/mol. The molecule has 0 radical (unpaired) electrons. The lowest BCUT2D eigenvalue weighted by Crippen LogP contribution is -2.21. The molecule has 1 aliphatic rings. The summed E-state index contributed by atoms with van der Waals surface area (Å²) in [4.78, 5) is 0. The van der Waals surface area contributed by atoms with E-state index in [9.17, 15) is 0 Å². The van der Waals surface area contributed by atoms with Crippen molar-refractivity contribution in [3.05, 3.63) is 34.9 Å². The third-order valence-corrected chi connectivity index (χ3v) is 4.37. The Morgan fingerprint density at radius 3 is 3.06 bits per heavy atom. The Balaban J connectivity index is 1.82. The van der Waals surface area contributed by atoms with Crippen LogP contribution in [-0.4, -0.2) is 18.1 Å². The number of benzene rings is 1. The minimum Gasteiger partial charge on any atom is -0.309 e. The van der Waals surface area contributed by atoms with Crippen molar-refractivity contribution in [2.75, 3.05) is 18.1 Å². The van der Waals surface area contributed by atoms with Crippen molar-refractivity contribution in [2.45, 2.75) is 32.2 Å². The van der Waals surface area contributed by atoms with Crippen LogP contribution in [0.15, 0.2) is 18.2 Å². The van der Waals surface area contributed by atoms with Crippen LogP contribution in [0.3, 0.4) is 0 Å². The van der Waals surface area contributed by atoms with Crippen LogP contribution in [0, 0.1) is 12.3 Å². The number of hydrogen-bond acceptors (Lipinski definition) is 2. The van der Waals surface area contributed by atoms with Crippen LogP contribution in [0.5, 0.6) is 0 Å². The summed E-state index contributed by atoms with van der Waals surface area (Å²) in [5.41, 5.74) is 4.52. The van der Waals surface area contributed by atoms with Gasteiger partial charge >= 0.3 is 0 Å². The molecule has 1 N–H and O–H groups in total. The van der Waals surface area contributed by atoms with Gasteiger partial charge in [-0.05, 0) is 42.9 Å². The van der Waals surface area contributed by atoms with E-state index in [1.807, 2.05) is 11.8 Å². The quantitative estimate of drug-likeness (QED) is 0.622. The standard InChI is InChI=1S/C16H21NS/c1-3-10-18-11-9-17-13(2)15-8-7-14-5-4-6-16(14)12-15/h1,7-8,12-13,17H,4-6,9-11H2,2H3. The third-order valence-electron chi connectivity index (χ3n) is 3.50. The van der Waals surface area contributed by atoms with E-state index in [2.05, 4.69) is 36.4 Å². The zero-order chi connectivity index (χ0) is 12.8. The number of rotatable bonds is 6. The summed E-state index contributed by atoms with van der Waals surface area (Å²) in [6.45, 7) is 3.26. The molecule has 0 fully saturated rings. The van der Waals surface area contributed by atoms with Crippen LogP contribution in [0.1, 0.15) is 36.1 Å². The zero-order valence-electron chi connectivity index (χ0n) is 11.0. The molecule has 1 aliphatic carbocycles. The van der Waals surface area contributed by atoms with Crippen molar-refractivity contribution in [2.24, 2.45) is 0 Å². The second kappa shape index (κ2) is 6.87. The molecule has 0 heterocycles. The Kier molecular flexibility index (Phi) is 5.16. The summed E-state index contributed by atoms with van der Waals surface area (Å²) in [6.07, 6.45) is 9.07. The van der Waals surface area contributed by atoms with Gasteiger partial charge < -0.3 is 5.32 Å². The van der Waals surface area contributed by atoms with Gasteiger partial charge in [-0.25, -0.2) is 0 Å². The summed E-state index contributed by atoms with van der Waals surface area (Å²) < 4.78 is 0. The van der Waals surface area contributed by atoms with Gasteiger partial charge in [-0.2, -0.15) is 0 Å². The van der Waals surface area contributed by atoms with E-state index < -0.39 is 0 Å². The van der Waals surface area contributed by atoms with Gasteiger partial charge in [-0.1, -0.05) is 24.1 Å². The first-order chi connectivity index (χ1) is 8.81. The van der Waals surface area contributed by atoms with Gasteiger partial charge in [-0.3, -0.25) is 0 Å². The molecule has 1 atom stereocenters. The van der Waals surface area contributed by atoms with Gasteiger partial charge in [0.05, 0.1) is 5.75 Å². The molecule has 0 aromatic heterocycles. The Labute approximate surface area is 115 Å². The lowest BCUT2D eigenvalue weighted by Gasteiger charge is -2.15. The molecular weight excluding hydrogens is 238 g/mol. The number of fused-ring (bicyclic) bond motifs is 1. The smallest absolute Gasteiger partial charge is 0.0545 e.